The van der Waals surface area contributed by atoms with E-state index in [2.05, 4.69) is 13.0 Å². The molecule has 4 heteroatoms. The van der Waals surface area contributed by atoms with E-state index in [0.29, 0.717) is 25.9 Å². The summed E-state index contributed by atoms with van der Waals surface area (Å²) in [7, 11) is 0. The summed E-state index contributed by atoms with van der Waals surface area (Å²) >= 11 is 0. The monoisotopic (exact) mass is 224 g/mol. The molecule has 90 valence electrons. The predicted octanol–water partition coefficient (Wildman–Crippen LogP) is 1.30. The minimum atomic E-state index is -0.775. The van der Waals surface area contributed by atoms with Gasteiger partial charge in [0.25, 0.3) is 0 Å². The van der Waals surface area contributed by atoms with Crippen LogP contribution in [0.3, 0.4) is 0 Å². The summed E-state index contributed by atoms with van der Waals surface area (Å²) in [4.78, 5) is 13.8. The van der Waals surface area contributed by atoms with Gasteiger partial charge in [0.2, 0.25) is 5.91 Å². The third-order valence-corrected chi connectivity index (χ3v) is 3.27. The van der Waals surface area contributed by atoms with Gasteiger partial charge in [0, 0.05) is 13.1 Å². The molecule has 0 aromatic rings. The van der Waals surface area contributed by atoms with Crippen LogP contribution in [-0.2, 0) is 4.79 Å². The summed E-state index contributed by atoms with van der Waals surface area (Å²) in [5.41, 5.74) is -0.775. The number of aliphatic hydroxyl groups excluding tert-OH is 1. The van der Waals surface area contributed by atoms with Crippen LogP contribution in [0.5, 0.6) is 0 Å². The standard InChI is InChI=1S/C12H20N2O2/c1-2-3-7-14(8-9-15)11(16)12(10-13)5-4-6-12/h15H,2-9H2,1H3. The number of hydrogen-bond donors (Lipinski definition) is 1. The van der Waals surface area contributed by atoms with Gasteiger partial charge in [0.15, 0.2) is 0 Å². The highest BCUT2D eigenvalue weighted by atomic mass is 16.3. The summed E-state index contributed by atoms with van der Waals surface area (Å²) in [5, 5.41) is 18.0. The molecule has 4 nitrogen and oxygen atoms in total. The molecule has 1 rings (SSSR count). The Hall–Kier alpha value is -1.08. The SMILES string of the molecule is CCCCN(CCO)C(=O)C1(C#N)CCC1. The molecule has 0 atom stereocenters. The molecule has 1 saturated carbocycles. The van der Waals surface area contributed by atoms with E-state index in [9.17, 15) is 4.79 Å². The van der Waals surface area contributed by atoms with Crippen molar-refractivity contribution in [3.63, 3.8) is 0 Å². The smallest absolute Gasteiger partial charge is 0.243 e. The molecule has 1 aliphatic rings. The van der Waals surface area contributed by atoms with Gasteiger partial charge in [-0.2, -0.15) is 5.26 Å². The zero-order valence-corrected chi connectivity index (χ0v) is 9.91. The highest BCUT2D eigenvalue weighted by molar-refractivity contribution is 5.86. The third-order valence-electron chi connectivity index (χ3n) is 3.27. The van der Waals surface area contributed by atoms with Crippen molar-refractivity contribution in [1.29, 1.82) is 5.26 Å². The van der Waals surface area contributed by atoms with Crippen LogP contribution in [0.2, 0.25) is 0 Å². The van der Waals surface area contributed by atoms with Crippen molar-refractivity contribution in [1.82, 2.24) is 4.90 Å². The molecule has 0 aromatic carbocycles. The Bertz CT molecular complexity index is 279. The van der Waals surface area contributed by atoms with Crippen molar-refractivity contribution >= 4 is 5.91 Å². The van der Waals surface area contributed by atoms with Crippen LogP contribution in [-0.4, -0.2) is 35.6 Å². The van der Waals surface area contributed by atoms with Crippen LogP contribution in [0.1, 0.15) is 39.0 Å². The van der Waals surface area contributed by atoms with E-state index in [-0.39, 0.29) is 12.5 Å². The Balaban J connectivity index is 2.62. The second-order valence-electron chi connectivity index (χ2n) is 4.42. The van der Waals surface area contributed by atoms with Gasteiger partial charge in [-0.15, -0.1) is 0 Å². The van der Waals surface area contributed by atoms with Crippen LogP contribution < -0.4 is 0 Å². The van der Waals surface area contributed by atoms with E-state index in [1.165, 1.54) is 0 Å². The molecule has 0 saturated heterocycles. The van der Waals surface area contributed by atoms with E-state index in [4.69, 9.17) is 10.4 Å². The fourth-order valence-electron chi connectivity index (χ4n) is 1.99. The zero-order valence-electron chi connectivity index (χ0n) is 9.91. The van der Waals surface area contributed by atoms with Crippen LogP contribution in [0, 0.1) is 16.7 Å². The van der Waals surface area contributed by atoms with Gasteiger partial charge in [0.05, 0.1) is 12.7 Å². The lowest BCUT2D eigenvalue weighted by Crippen LogP contribution is -2.48. The molecule has 0 unspecified atom stereocenters. The molecule has 0 aromatic heterocycles. The number of rotatable bonds is 6. The molecule has 1 amide bonds. The number of carbonyl (C=O) groups is 1. The van der Waals surface area contributed by atoms with Crippen molar-refractivity contribution in [2.24, 2.45) is 5.41 Å². The van der Waals surface area contributed by atoms with E-state index >= 15 is 0 Å². The summed E-state index contributed by atoms with van der Waals surface area (Å²) in [5.74, 6) is -0.0799. The third kappa shape index (κ3) is 2.53. The predicted molar refractivity (Wildman–Crippen MR) is 60.5 cm³/mol. The van der Waals surface area contributed by atoms with E-state index < -0.39 is 5.41 Å². The molecular formula is C12H20N2O2. The first-order valence-corrected chi connectivity index (χ1v) is 6.01. The highest BCUT2D eigenvalue weighted by Crippen LogP contribution is 2.41. The summed E-state index contributed by atoms with van der Waals surface area (Å²) in [6, 6.07) is 2.16. The second kappa shape index (κ2) is 5.86. The lowest BCUT2D eigenvalue weighted by molar-refractivity contribution is -0.143. The van der Waals surface area contributed by atoms with Crippen molar-refractivity contribution in [2.45, 2.75) is 39.0 Å². The van der Waals surface area contributed by atoms with E-state index in [1.807, 2.05) is 0 Å². The number of unbranched alkanes of at least 4 members (excludes halogenated alkanes) is 1. The summed E-state index contributed by atoms with van der Waals surface area (Å²) in [6.45, 7) is 3.03. The first-order valence-electron chi connectivity index (χ1n) is 6.01. The maximum Gasteiger partial charge on any atom is 0.243 e. The van der Waals surface area contributed by atoms with Crippen molar-refractivity contribution < 1.29 is 9.90 Å². The normalized spacial score (nSPS) is 17.3. The number of aliphatic hydroxyl groups is 1. The zero-order chi connectivity index (χ0) is 12.0. The first kappa shape index (κ1) is 13.0. The molecule has 1 fully saturated rings. The second-order valence-corrected chi connectivity index (χ2v) is 4.42. The molecule has 1 N–H and O–H groups in total. The van der Waals surface area contributed by atoms with Crippen LogP contribution in [0.15, 0.2) is 0 Å². The molecule has 0 radical (unpaired) electrons. The molecule has 0 bridgehead atoms. The van der Waals surface area contributed by atoms with Crippen molar-refractivity contribution in [2.75, 3.05) is 19.7 Å². The van der Waals surface area contributed by atoms with Gasteiger partial charge in [-0.25, -0.2) is 0 Å². The average Bonchev–Trinajstić information content (AvgIpc) is 2.23. The molecule has 0 spiro atoms. The molecule has 0 aliphatic heterocycles. The number of amides is 1. The van der Waals surface area contributed by atoms with Gasteiger partial charge in [-0.3, -0.25) is 4.79 Å². The van der Waals surface area contributed by atoms with Crippen LogP contribution in [0.25, 0.3) is 0 Å². The quantitative estimate of drug-likeness (QED) is 0.739. The number of carbonyl (C=O) groups excluding carboxylic acids is 1. The largest absolute Gasteiger partial charge is 0.395 e. The molecule has 1 aliphatic carbocycles. The number of hydrogen-bond acceptors (Lipinski definition) is 3. The van der Waals surface area contributed by atoms with Gasteiger partial charge in [-0.1, -0.05) is 13.3 Å². The summed E-state index contributed by atoms with van der Waals surface area (Å²) in [6.07, 6.45) is 4.24. The van der Waals surface area contributed by atoms with Crippen molar-refractivity contribution in [3.8, 4) is 6.07 Å². The highest BCUT2D eigenvalue weighted by Gasteiger charge is 2.46. The maximum atomic E-state index is 12.2. The fourth-order valence-corrected chi connectivity index (χ4v) is 1.99. The summed E-state index contributed by atoms with van der Waals surface area (Å²) < 4.78 is 0. The minimum absolute atomic E-state index is 0.0308. The molecular weight excluding hydrogens is 204 g/mol. The van der Waals surface area contributed by atoms with Gasteiger partial charge in [-0.05, 0) is 25.7 Å². The van der Waals surface area contributed by atoms with Crippen molar-refractivity contribution in [3.05, 3.63) is 0 Å². The minimum Gasteiger partial charge on any atom is -0.395 e. The van der Waals surface area contributed by atoms with E-state index in [0.717, 1.165) is 19.3 Å². The maximum absolute atomic E-state index is 12.2. The Morgan fingerprint density at radius 3 is 2.56 bits per heavy atom. The Morgan fingerprint density at radius 1 is 1.50 bits per heavy atom. The Morgan fingerprint density at radius 2 is 2.19 bits per heavy atom. The number of nitrogens with zero attached hydrogens (tertiary/aromatic N) is 2. The number of nitriles is 1. The fraction of sp³-hybridized carbons (Fsp3) is 0.833. The van der Waals surface area contributed by atoms with E-state index in [1.54, 1.807) is 4.90 Å². The first-order chi connectivity index (χ1) is 7.70. The lowest BCUT2D eigenvalue weighted by Gasteiger charge is -2.38. The van der Waals surface area contributed by atoms with Gasteiger partial charge in [0.1, 0.15) is 5.41 Å². The van der Waals surface area contributed by atoms with Gasteiger partial charge < -0.3 is 10.0 Å². The van der Waals surface area contributed by atoms with Gasteiger partial charge >= 0.3 is 0 Å². The molecule has 0 heterocycles. The molecule has 16 heavy (non-hydrogen) atoms. The van der Waals surface area contributed by atoms with Crippen LogP contribution in [0.4, 0.5) is 0 Å². The lowest BCUT2D eigenvalue weighted by atomic mass is 9.69. The topological polar surface area (TPSA) is 64.3 Å². The Kier molecular flexibility index (Phi) is 4.75. The Labute approximate surface area is 96.9 Å². The van der Waals surface area contributed by atoms with Crippen LogP contribution >= 0.6 is 0 Å². The average molecular weight is 224 g/mol.